The second-order valence-corrected chi connectivity index (χ2v) is 15.6. The van der Waals surface area contributed by atoms with E-state index in [1.165, 1.54) is 30.0 Å². The summed E-state index contributed by atoms with van der Waals surface area (Å²) in [5.74, 6) is -0.754. The predicted molar refractivity (Wildman–Crippen MR) is 137 cm³/mol. The second kappa shape index (κ2) is 15.7. The Kier molecular flexibility index (Phi) is 12.8. The Morgan fingerprint density at radius 2 is 1.09 bits per heavy atom. The Bertz CT molecular complexity index is 767. The summed E-state index contributed by atoms with van der Waals surface area (Å²) < 4.78 is 3.98. The number of carboxylic acids is 1. The molecule has 1 unspecified atom stereocenters. The molecule has 1 radical (unpaired) electrons. The van der Waals surface area contributed by atoms with Crippen molar-refractivity contribution in [2.45, 2.75) is 52.8 Å². The van der Waals surface area contributed by atoms with Crippen LogP contribution < -0.4 is 0 Å². The van der Waals surface area contributed by atoms with Crippen molar-refractivity contribution in [3.8, 4) is 0 Å². The number of hydrogen-bond donors (Lipinski definition) is 1. The van der Waals surface area contributed by atoms with Gasteiger partial charge in [-0.15, -0.1) is 0 Å². The molecule has 0 heterocycles. The van der Waals surface area contributed by atoms with Gasteiger partial charge in [-0.3, -0.25) is 4.79 Å². The van der Waals surface area contributed by atoms with Crippen molar-refractivity contribution >= 4 is 25.7 Å². The van der Waals surface area contributed by atoms with Gasteiger partial charge in [0.1, 0.15) is 0 Å². The maximum absolute atomic E-state index is 10.4. The zero-order valence-corrected chi connectivity index (χ0v) is 22.4. The zero-order valence-electron chi connectivity index (χ0n) is 19.5. The van der Waals surface area contributed by atoms with E-state index in [0.29, 0.717) is 0 Å². The number of aliphatic carboxylic acids is 1. The topological polar surface area (TPSA) is 37.3 Å². The summed E-state index contributed by atoms with van der Waals surface area (Å²) in [6.45, 7) is 4.00. The minimum atomic E-state index is -1.56. The van der Waals surface area contributed by atoms with Crippen molar-refractivity contribution in [1.82, 2.24) is 0 Å². The van der Waals surface area contributed by atoms with Gasteiger partial charge in [0.05, 0.1) is 5.92 Å². The van der Waals surface area contributed by atoms with E-state index >= 15 is 0 Å². The molecule has 169 valence electrons. The van der Waals surface area contributed by atoms with Crippen molar-refractivity contribution in [2.75, 3.05) is 0 Å². The van der Waals surface area contributed by atoms with Crippen LogP contribution in [0.1, 0.15) is 56.2 Å². The van der Waals surface area contributed by atoms with E-state index in [0.717, 1.165) is 25.7 Å². The molecule has 1 atom stereocenters. The molecular formula is C29H37O2Sn. The van der Waals surface area contributed by atoms with Crippen LogP contribution in [0.3, 0.4) is 0 Å². The number of unbranched alkanes of at least 4 members (excludes halogenated alkanes) is 1. The molecule has 3 aromatic rings. The average molecular weight is 536 g/mol. The fourth-order valence-electron chi connectivity index (χ4n) is 3.79. The summed E-state index contributed by atoms with van der Waals surface area (Å²) in [7, 11) is 0. The maximum atomic E-state index is 10.4. The predicted octanol–water partition coefficient (Wildman–Crippen LogP) is 7.11. The molecule has 3 rings (SSSR count). The molecule has 0 aromatic heterocycles. The van der Waals surface area contributed by atoms with Crippen LogP contribution in [-0.2, 0) is 18.1 Å². The van der Waals surface area contributed by atoms with Crippen LogP contribution >= 0.6 is 0 Å². The van der Waals surface area contributed by atoms with E-state index in [1.807, 2.05) is 6.92 Å². The molecule has 0 aliphatic heterocycles. The minimum absolute atomic E-state index is 0.111. The third-order valence-corrected chi connectivity index (χ3v) is 13.4. The van der Waals surface area contributed by atoms with Crippen molar-refractivity contribution in [3.63, 3.8) is 0 Å². The Hall–Kier alpha value is -2.07. The van der Waals surface area contributed by atoms with E-state index < -0.39 is 25.7 Å². The zero-order chi connectivity index (χ0) is 23.0. The van der Waals surface area contributed by atoms with E-state index in [9.17, 15) is 4.79 Å². The van der Waals surface area contributed by atoms with Crippen LogP contribution in [0.25, 0.3) is 0 Å². The number of hydrogen-bond acceptors (Lipinski definition) is 1. The first kappa shape index (κ1) is 26.2. The molecule has 0 saturated carbocycles. The molecular weight excluding hydrogens is 499 g/mol. The quantitative estimate of drug-likeness (QED) is 0.265. The van der Waals surface area contributed by atoms with Crippen LogP contribution in [0.15, 0.2) is 91.0 Å². The average Bonchev–Trinajstić information content (AvgIpc) is 2.82. The molecule has 1 N–H and O–H groups in total. The van der Waals surface area contributed by atoms with Gasteiger partial charge < -0.3 is 5.11 Å². The number of rotatable bonds is 11. The van der Waals surface area contributed by atoms with Crippen molar-refractivity contribution in [1.29, 1.82) is 0 Å². The first-order valence-corrected chi connectivity index (χ1v) is 17.9. The van der Waals surface area contributed by atoms with Crippen molar-refractivity contribution < 1.29 is 9.90 Å². The van der Waals surface area contributed by atoms with E-state index in [1.54, 1.807) is 0 Å². The second-order valence-electron chi connectivity index (χ2n) is 8.32. The Labute approximate surface area is 201 Å². The molecule has 0 saturated heterocycles. The van der Waals surface area contributed by atoms with Crippen molar-refractivity contribution in [2.24, 2.45) is 5.92 Å². The molecule has 3 aromatic carbocycles. The monoisotopic (exact) mass is 537 g/mol. The third-order valence-electron chi connectivity index (χ3n) is 5.64. The van der Waals surface area contributed by atoms with Crippen LogP contribution in [0.2, 0.25) is 0 Å². The van der Waals surface area contributed by atoms with Crippen LogP contribution in [-0.4, -0.2) is 30.8 Å². The molecule has 0 aliphatic rings. The van der Waals surface area contributed by atoms with Crippen LogP contribution in [0.4, 0.5) is 0 Å². The molecule has 2 nitrogen and oxygen atoms in total. The molecule has 32 heavy (non-hydrogen) atoms. The summed E-state index contributed by atoms with van der Waals surface area (Å²) >= 11 is -1.56. The number of carboxylic acid groups (broad SMARTS) is 1. The van der Waals surface area contributed by atoms with Gasteiger partial charge in [0.2, 0.25) is 0 Å². The van der Waals surface area contributed by atoms with Gasteiger partial charge in [0, 0.05) is 0 Å². The number of carbonyl (C=O) groups is 1. The van der Waals surface area contributed by atoms with Crippen LogP contribution in [0.5, 0.6) is 0 Å². The summed E-state index contributed by atoms with van der Waals surface area (Å²) in [6.07, 6.45) is 3.71. The van der Waals surface area contributed by atoms with Gasteiger partial charge in [-0.25, -0.2) is 0 Å². The summed E-state index contributed by atoms with van der Waals surface area (Å²) in [6, 6.07) is 33.1. The van der Waals surface area contributed by atoms with Gasteiger partial charge >= 0.3 is 147 Å². The Morgan fingerprint density at radius 1 is 0.719 bits per heavy atom. The van der Waals surface area contributed by atoms with Gasteiger partial charge in [-0.1, -0.05) is 26.7 Å². The van der Waals surface area contributed by atoms with Gasteiger partial charge in [0.25, 0.3) is 0 Å². The standard InChI is InChI=1S/C8H16O2.3C7H7.Sn/c1-3-5-6-7(4-2)8(9)10;3*1-7-5-3-2-4-6-7;/h7H,3-6H2,1-2H3,(H,9,10);3*2-6H,1H2;. The summed E-state index contributed by atoms with van der Waals surface area (Å²) in [5.41, 5.74) is 4.55. The van der Waals surface area contributed by atoms with Crippen molar-refractivity contribution in [3.05, 3.63) is 108 Å². The molecule has 0 fully saturated rings. The molecule has 0 bridgehead atoms. The fraction of sp³-hybridized carbons (Fsp3) is 0.345. The van der Waals surface area contributed by atoms with Gasteiger partial charge in [-0.05, 0) is 12.8 Å². The summed E-state index contributed by atoms with van der Waals surface area (Å²) in [4.78, 5) is 10.4. The Morgan fingerprint density at radius 3 is 1.38 bits per heavy atom. The SMILES string of the molecule is CCCCC(CC)C(=O)O.c1ccc([CH2][Sn]([CH2]c2ccccc2)[CH2]c2ccccc2)cc1. The molecule has 3 heteroatoms. The molecule has 0 amide bonds. The van der Waals surface area contributed by atoms with Gasteiger partial charge in [-0.2, -0.15) is 0 Å². The van der Waals surface area contributed by atoms with Gasteiger partial charge in [0.15, 0.2) is 0 Å². The third kappa shape index (κ3) is 10.5. The summed E-state index contributed by atoms with van der Waals surface area (Å²) in [5, 5.41) is 8.60. The fourth-order valence-corrected chi connectivity index (χ4v) is 11.8. The molecule has 0 aliphatic carbocycles. The van der Waals surface area contributed by atoms with Crippen LogP contribution in [0, 0.1) is 5.92 Å². The Balaban J connectivity index is 0.000000309. The number of benzene rings is 3. The first-order valence-electron chi connectivity index (χ1n) is 11.8. The molecule has 0 spiro atoms. The van der Waals surface area contributed by atoms with E-state index in [-0.39, 0.29) is 5.92 Å². The normalized spacial score (nSPS) is 11.5. The first-order chi connectivity index (χ1) is 15.6. The van der Waals surface area contributed by atoms with E-state index in [4.69, 9.17) is 5.11 Å². The van der Waals surface area contributed by atoms with E-state index in [2.05, 4.69) is 97.9 Å².